The summed E-state index contributed by atoms with van der Waals surface area (Å²) in [5, 5.41) is 8.98. The number of aliphatic hydroxyl groups is 1. The standard InChI is InChI=1S/C11H12O5/c1-7(13)16-10-4-8(6-12)3-9(5-10)11(14)15-2/h3-5,12H,6H2,1-2H3. The third-order valence-corrected chi connectivity index (χ3v) is 1.83. The van der Waals surface area contributed by atoms with Gasteiger partial charge in [-0.05, 0) is 23.8 Å². The molecule has 0 aliphatic heterocycles. The van der Waals surface area contributed by atoms with Gasteiger partial charge >= 0.3 is 11.9 Å². The molecular formula is C11H12O5. The second-order valence-electron chi connectivity index (χ2n) is 3.11. The minimum Gasteiger partial charge on any atom is -0.465 e. The van der Waals surface area contributed by atoms with Crippen LogP contribution in [-0.2, 0) is 16.1 Å². The lowest BCUT2D eigenvalue weighted by Gasteiger charge is -2.06. The molecule has 0 heterocycles. The summed E-state index contributed by atoms with van der Waals surface area (Å²) in [4.78, 5) is 22.0. The van der Waals surface area contributed by atoms with E-state index in [2.05, 4.69) is 4.74 Å². The Morgan fingerprint density at radius 3 is 2.50 bits per heavy atom. The molecule has 1 aromatic carbocycles. The second kappa shape index (κ2) is 5.27. The maximum absolute atomic E-state index is 11.3. The van der Waals surface area contributed by atoms with Gasteiger partial charge < -0.3 is 14.6 Å². The molecule has 5 heteroatoms. The molecule has 5 nitrogen and oxygen atoms in total. The second-order valence-corrected chi connectivity index (χ2v) is 3.11. The van der Waals surface area contributed by atoms with E-state index in [9.17, 15) is 9.59 Å². The molecular weight excluding hydrogens is 212 g/mol. The van der Waals surface area contributed by atoms with Gasteiger partial charge in [0, 0.05) is 6.92 Å². The molecule has 0 atom stereocenters. The van der Waals surface area contributed by atoms with E-state index in [4.69, 9.17) is 9.84 Å². The molecule has 86 valence electrons. The summed E-state index contributed by atoms with van der Waals surface area (Å²) in [6.07, 6.45) is 0. The van der Waals surface area contributed by atoms with Gasteiger partial charge in [-0.2, -0.15) is 0 Å². The molecule has 0 spiro atoms. The van der Waals surface area contributed by atoms with Gasteiger partial charge in [-0.1, -0.05) is 0 Å². The van der Waals surface area contributed by atoms with Gasteiger partial charge in [-0.15, -0.1) is 0 Å². The number of hydrogen-bond donors (Lipinski definition) is 1. The molecule has 0 aromatic heterocycles. The van der Waals surface area contributed by atoms with Crippen molar-refractivity contribution in [1.29, 1.82) is 0 Å². The average molecular weight is 224 g/mol. The Morgan fingerprint density at radius 2 is 2.00 bits per heavy atom. The zero-order valence-corrected chi connectivity index (χ0v) is 9.02. The van der Waals surface area contributed by atoms with Crippen LogP contribution in [-0.4, -0.2) is 24.2 Å². The zero-order chi connectivity index (χ0) is 12.1. The summed E-state index contributed by atoms with van der Waals surface area (Å²) in [6.45, 7) is 1.00. The number of carbonyl (C=O) groups excluding carboxylic acids is 2. The first-order valence-corrected chi connectivity index (χ1v) is 4.58. The van der Waals surface area contributed by atoms with Crippen LogP contribution in [0.3, 0.4) is 0 Å². The number of carbonyl (C=O) groups is 2. The van der Waals surface area contributed by atoms with Crippen LogP contribution in [0.4, 0.5) is 0 Å². The average Bonchev–Trinajstić information content (AvgIpc) is 2.26. The number of benzene rings is 1. The van der Waals surface area contributed by atoms with Crippen LogP contribution in [0.25, 0.3) is 0 Å². The van der Waals surface area contributed by atoms with Crippen molar-refractivity contribution in [3.63, 3.8) is 0 Å². The fourth-order valence-electron chi connectivity index (χ4n) is 1.21. The molecule has 0 saturated heterocycles. The number of methoxy groups -OCH3 is 1. The lowest BCUT2D eigenvalue weighted by Crippen LogP contribution is -2.06. The van der Waals surface area contributed by atoms with Crippen molar-refractivity contribution in [3.8, 4) is 5.75 Å². The summed E-state index contributed by atoms with van der Waals surface area (Å²) in [5.74, 6) is -0.839. The molecule has 0 unspecified atom stereocenters. The van der Waals surface area contributed by atoms with E-state index in [0.717, 1.165) is 0 Å². The first-order valence-electron chi connectivity index (χ1n) is 4.58. The van der Waals surface area contributed by atoms with Gasteiger partial charge in [0.15, 0.2) is 0 Å². The van der Waals surface area contributed by atoms with Crippen molar-refractivity contribution in [2.45, 2.75) is 13.5 Å². The maximum atomic E-state index is 11.3. The molecule has 1 aromatic rings. The van der Waals surface area contributed by atoms with Gasteiger partial charge in [-0.3, -0.25) is 4.79 Å². The summed E-state index contributed by atoms with van der Waals surface area (Å²) in [5.41, 5.74) is 0.699. The monoisotopic (exact) mass is 224 g/mol. The highest BCUT2D eigenvalue weighted by atomic mass is 16.5. The van der Waals surface area contributed by atoms with Crippen molar-refractivity contribution in [3.05, 3.63) is 29.3 Å². The Labute approximate surface area is 92.6 Å². The van der Waals surface area contributed by atoms with Gasteiger partial charge in [0.1, 0.15) is 5.75 Å². The Kier molecular flexibility index (Phi) is 4.02. The molecule has 0 aliphatic rings. The number of rotatable bonds is 3. The number of ether oxygens (including phenoxy) is 2. The van der Waals surface area contributed by atoms with Crippen LogP contribution in [0.2, 0.25) is 0 Å². The lowest BCUT2D eigenvalue weighted by atomic mass is 10.1. The van der Waals surface area contributed by atoms with E-state index in [1.807, 2.05) is 0 Å². The Balaban J connectivity index is 3.10. The highest BCUT2D eigenvalue weighted by Gasteiger charge is 2.10. The minimum absolute atomic E-state index is 0.208. The van der Waals surface area contributed by atoms with E-state index in [-0.39, 0.29) is 17.9 Å². The van der Waals surface area contributed by atoms with E-state index < -0.39 is 11.9 Å². The van der Waals surface area contributed by atoms with Crippen LogP contribution in [0.15, 0.2) is 18.2 Å². The highest BCUT2D eigenvalue weighted by Crippen LogP contribution is 2.18. The molecule has 16 heavy (non-hydrogen) atoms. The number of hydrogen-bond acceptors (Lipinski definition) is 5. The van der Waals surface area contributed by atoms with Gasteiger partial charge in [-0.25, -0.2) is 4.79 Å². The molecule has 0 amide bonds. The molecule has 0 bridgehead atoms. The topological polar surface area (TPSA) is 72.8 Å². The predicted octanol–water partition coefficient (Wildman–Crippen LogP) is 0.891. The zero-order valence-electron chi connectivity index (χ0n) is 9.02. The lowest BCUT2D eigenvalue weighted by molar-refractivity contribution is -0.131. The predicted molar refractivity (Wildman–Crippen MR) is 55.0 cm³/mol. The van der Waals surface area contributed by atoms with E-state index >= 15 is 0 Å². The molecule has 1 N–H and O–H groups in total. The molecule has 0 fully saturated rings. The summed E-state index contributed by atoms with van der Waals surface area (Å²) in [7, 11) is 1.25. The van der Waals surface area contributed by atoms with Gasteiger partial charge in [0.2, 0.25) is 0 Å². The number of esters is 2. The smallest absolute Gasteiger partial charge is 0.337 e. The van der Waals surface area contributed by atoms with Crippen molar-refractivity contribution in [2.24, 2.45) is 0 Å². The SMILES string of the molecule is COC(=O)c1cc(CO)cc(OC(C)=O)c1. The fourth-order valence-corrected chi connectivity index (χ4v) is 1.21. The summed E-state index contributed by atoms with van der Waals surface area (Å²) >= 11 is 0. The van der Waals surface area contributed by atoms with Crippen molar-refractivity contribution in [1.82, 2.24) is 0 Å². The normalized spacial score (nSPS) is 9.69. The first-order chi connectivity index (χ1) is 7.56. The molecule has 0 aliphatic carbocycles. The van der Waals surface area contributed by atoms with Crippen LogP contribution < -0.4 is 4.74 Å². The van der Waals surface area contributed by atoms with Crippen LogP contribution in [0, 0.1) is 0 Å². The van der Waals surface area contributed by atoms with E-state index in [1.165, 1.54) is 32.2 Å². The third-order valence-electron chi connectivity index (χ3n) is 1.83. The summed E-state index contributed by atoms with van der Waals surface area (Å²) in [6, 6.07) is 4.33. The van der Waals surface area contributed by atoms with Gasteiger partial charge in [0.25, 0.3) is 0 Å². The first kappa shape index (κ1) is 12.2. The fraction of sp³-hybridized carbons (Fsp3) is 0.273. The van der Waals surface area contributed by atoms with Crippen LogP contribution in [0.1, 0.15) is 22.8 Å². The van der Waals surface area contributed by atoms with Crippen molar-refractivity contribution < 1.29 is 24.2 Å². The number of aliphatic hydroxyl groups excluding tert-OH is 1. The van der Waals surface area contributed by atoms with Crippen molar-refractivity contribution in [2.75, 3.05) is 7.11 Å². The highest BCUT2D eigenvalue weighted by molar-refractivity contribution is 5.90. The van der Waals surface area contributed by atoms with Crippen molar-refractivity contribution >= 4 is 11.9 Å². The van der Waals surface area contributed by atoms with E-state index in [0.29, 0.717) is 5.56 Å². The maximum Gasteiger partial charge on any atom is 0.337 e. The Morgan fingerprint density at radius 1 is 1.31 bits per heavy atom. The van der Waals surface area contributed by atoms with Crippen LogP contribution in [0.5, 0.6) is 5.75 Å². The molecule has 1 rings (SSSR count). The molecule has 0 radical (unpaired) electrons. The summed E-state index contributed by atoms with van der Waals surface area (Å²) < 4.78 is 9.37. The Hall–Kier alpha value is -1.88. The largest absolute Gasteiger partial charge is 0.465 e. The minimum atomic E-state index is -0.552. The van der Waals surface area contributed by atoms with Crippen LogP contribution >= 0.6 is 0 Å². The van der Waals surface area contributed by atoms with Gasteiger partial charge in [0.05, 0.1) is 19.3 Å². The third kappa shape index (κ3) is 3.06. The van der Waals surface area contributed by atoms with E-state index in [1.54, 1.807) is 0 Å². The Bertz CT molecular complexity index is 411. The quantitative estimate of drug-likeness (QED) is 0.609. The molecule has 0 saturated carbocycles.